The number of aromatic hydroxyl groups is 1. The molecule has 2 rings (SSSR count). The molecule has 1 amide bonds. The van der Waals surface area contributed by atoms with Gasteiger partial charge in [-0.3, -0.25) is 14.9 Å². The topological polar surface area (TPSA) is 123 Å². The average Bonchev–Trinajstić information content (AvgIpc) is 2.61. The summed E-state index contributed by atoms with van der Waals surface area (Å²) >= 11 is 0. The summed E-state index contributed by atoms with van der Waals surface area (Å²) in [5, 5.41) is 24.1. The number of hydrazone groups is 1. The number of nitro groups is 1. The van der Waals surface area contributed by atoms with E-state index in [1.54, 1.807) is 0 Å². The Labute approximate surface area is 142 Å². The molecule has 2 aromatic rings. The van der Waals surface area contributed by atoms with Crippen LogP contribution in [0.1, 0.15) is 15.9 Å². The van der Waals surface area contributed by atoms with Crippen LogP contribution >= 0.6 is 0 Å². The number of hydrogen-bond acceptors (Lipinski definition) is 7. The number of nitro benzene ring substituents is 1. The maximum absolute atomic E-state index is 11.9. The lowest BCUT2D eigenvalue weighted by atomic mass is 10.1. The summed E-state index contributed by atoms with van der Waals surface area (Å²) < 4.78 is 10.1. The minimum Gasteiger partial charge on any atom is -0.508 e. The number of amides is 1. The lowest BCUT2D eigenvalue weighted by Gasteiger charge is -2.08. The predicted molar refractivity (Wildman–Crippen MR) is 89.4 cm³/mol. The molecule has 9 nitrogen and oxygen atoms in total. The zero-order valence-electron chi connectivity index (χ0n) is 13.4. The zero-order chi connectivity index (χ0) is 18.4. The summed E-state index contributed by atoms with van der Waals surface area (Å²) in [6.07, 6.45) is 1.14. The number of rotatable bonds is 6. The molecule has 0 unspecified atom stereocenters. The van der Waals surface area contributed by atoms with E-state index in [-0.39, 0.29) is 28.3 Å². The van der Waals surface area contributed by atoms with Gasteiger partial charge in [-0.1, -0.05) is 0 Å². The number of nitrogens with one attached hydrogen (secondary N) is 1. The fraction of sp³-hybridized carbons (Fsp3) is 0.125. The number of carbonyl (C=O) groups excluding carboxylic acids is 1. The molecule has 0 radical (unpaired) electrons. The average molecular weight is 345 g/mol. The Morgan fingerprint density at radius 1 is 1.20 bits per heavy atom. The van der Waals surface area contributed by atoms with E-state index in [9.17, 15) is 20.0 Å². The Bertz CT molecular complexity index is 817. The predicted octanol–water partition coefficient (Wildman–Crippen LogP) is 2.08. The van der Waals surface area contributed by atoms with Crippen molar-refractivity contribution in [1.82, 2.24) is 5.43 Å². The van der Waals surface area contributed by atoms with E-state index < -0.39 is 10.8 Å². The summed E-state index contributed by atoms with van der Waals surface area (Å²) in [4.78, 5) is 22.5. The number of hydrogen-bond donors (Lipinski definition) is 2. The first-order chi connectivity index (χ1) is 12.0. The molecular formula is C16H15N3O6. The standard InChI is InChI=1S/C16H15N3O6/c1-24-14-7-11(13(19(22)23)8-15(14)25-2)9-17-18-16(21)10-3-5-12(20)6-4-10/h3-9,20H,1-2H3,(H,18,21). The van der Waals surface area contributed by atoms with Crippen molar-refractivity contribution in [1.29, 1.82) is 0 Å². The molecule has 0 heterocycles. The number of phenols is 1. The lowest BCUT2D eigenvalue weighted by Crippen LogP contribution is -2.17. The minimum absolute atomic E-state index is 0.0287. The van der Waals surface area contributed by atoms with E-state index in [1.807, 2.05) is 0 Å². The molecule has 2 N–H and O–H groups in total. The molecule has 0 saturated carbocycles. The van der Waals surface area contributed by atoms with E-state index in [1.165, 1.54) is 50.6 Å². The van der Waals surface area contributed by atoms with Crippen LogP contribution in [0.25, 0.3) is 0 Å². The monoisotopic (exact) mass is 345 g/mol. The van der Waals surface area contributed by atoms with E-state index >= 15 is 0 Å². The highest BCUT2D eigenvalue weighted by atomic mass is 16.6. The number of phenolic OH excluding ortho intramolecular Hbond substituents is 1. The third-order valence-corrected chi connectivity index (χ3v) is 3.23. The first-order valence-electron chi connectivity index (χ1n) is 6.99. The maximum Gasteiger partial charge on any atom is 0.282 e. The molecule has 0 saturated heterocycles. The van der Waals surface area contributed by atoms with E-state index in [2.05, 4.69) is 10.5 Å². The van der Waals surface area contributed by atoms with Crippen LogP contribution in [0.15, 0.2) is 41.5 Å². The smallest absolute Gasteiger partial charge is 0.282 e. The van der Waals surface area contributed by atoms with Gasteiger partial charge in [-0.05, 0) is 30.3 Å². The molecular weight excluding hydrogens is 330 g/mol. The van der Waals surface area contributed by atoms with Crippen LogP contribution in [0.5, 0.6) is 17.2 Å². The maximum atomic E-state index is 11.9. The van der Waals surface area contributed by atoms with Crippen LogP contribution in [0.3, 0.4) is 0 Å². The van der Waals surface area contributed by atoms with E-state index in [4.69, 9.17) is 9.47 Å². The SMILES string of the molecule is COc1cc(C=NNC(=O)c2ccc(O)cc2)c([N+](=O)[O-])cc1OC. The van der Waals surface area contributed by atoms with Gasteiger partial charge in [0.25, 0.3) is 11.6 Å². The van der Waals surface area contributed by atoms with Crippen LogP contribution in [0, 0.1) is 10.1 Å². The van der Waals surface area contributed by atoms with Crippen LogP contribution in [0.2, 0.25) is 0 Å². The van der Waals surface area contributed by atoms with Crippen LogP contribution in [0.4, 0.5) is 5.69 Å². The van der Waals surface area contributed by atoms with Crippen molar-refractivity contribution in [2.24, 2.45) is 5.10 Å². The number of ether oxygens (including phenoxy) is 2. The summed E-state index contributed by atoms with van der Waals surface area (Å²) in [5.74, 6) is -0.000673. The third-order valence-electron chi connectivity index (χ3n) is 3.23. The Balaban J connectivity index is 2.23. The molecule has 25 heavy (non-hydrogen) atoms. The van der Waals surface area contributed by atoms with Gasteiger partial charge in [-0.15, -0.1) is 0 Å². The van der Waals surface area contributed by atoms with Gasteiger partial charge in [0.15, 0.2) is 11.5 Å². The molecule has 130 valence electrons. The van der Waals surface area contributed by atoms with Crippen LogP contribution in [-0.2, 0) is 0 Å². The third kappa shape index (κ3) is 4.22. The largest absolute Gasteiger partial charge is 0.508 e. The highest BCUT2D eigenvalue weighted by Gasteiger charge is 2.18. The van der Waals surface area contributed by atoms with Gasteiger partial charge in [0.05, 0.1) is 37.0 Å². The molecule has 0 atom stereocenters. The number of carbonyl (C=O) groups is 1. The minimum atomic E-state index is -0.592. The fourth-order valence-corrected chi connectivity index (χ4v) is 1.98. The van der Waals surface area contributed by atoms with Crippen molar-refractivity contribution in [3.63, 3.8) is 0 Å². The normalized spacial score (nSPS) is 10.5. The lowest BCUT2D eigenvalue weighted by molar-refractivity contribution is -0.385. The Hall–Kier alpha value is -3.62. The second-order valence-corrected chi connectivity index (χ2v) is 4.77. The Morgan fingerprint density at radius 3 is 2.36 bits per heavy atom. The highest BCUT2D eigenvalue weighted by molar-refractivity contribution is 5.95. The zero-order valence-corrected chi connectivity index (χ0v) is 13.4. The van der Waals surface area contributed by atoms with Crippen LogP contribution in [-0.4, -0.2) is 36.4 Å². The van der Waals surface area contributed by atoms with Gasteiger partial charge in [-0.25, -0.2) is 5.43 Å². The second kappa shape index (κ2) is 7.77. The second-order valence-electron chi connectivity index (χ2n) is 4.77. The van der Waals surface area contributed by atoms with Crippen molar-refractivity contribution in [3.05, 3.63) is 57.6 Å². The first kappa shape index (κ1) is 17.7. The molecule has 0 aliphatic heterocycles. The van der Waals surface area contributed by atoms with E-state index in [0.29, 0.717) is 5.75 Å². The quantitative estimate of drug-likeness (QED) is 0.469. The van der Waals surface area contributed by atoms with Gasteiger partial charge in [0.2, 0.25) is 0 Å². The van der Waals surface area contributed by atoms with Gasteiger partial charge in [0.1, 0.15) is 5.75 Å². The Kier molecular flexibility index (Phi) is 5.51. The molecule has 0 spiro atoms. The molecule has 0 aliphatic rings. The molecule has 0 bridgehead atoms. The van der Waals surface area contributed by atoms with Gasteiger partial charge in [0, 0.05) is 5.56 Å². The highest BCUT2D eigenvalue weighted by Crippen LogP contribution is 2.33. The summed E-state index contributed by atoms with van der Waals surface area (Å²) in [5.41, 5.74) is 2.41. The number of methoxy groups -OCH3 is 2. The molecule has 0 aromatic heterocycles. The van der Waals surface area contributed by atoms with Crippen molar-refractivity contribution >= 4 is 17.8 Å². The number of benzene rings is 2. The Morgan fingerprint density at radius 2 is 1.80 bits per heavy atom. The number of nitrogens with zero attached hydrogens (tertiary/aromatic N) is 2. The van der Waals surface area contributed by atoms with Crippen molar-refractivity contribution < 1.29 is 24.3 Å². The van der Waals surface area contributed by atoms with Crippen LogP contribution < -0.4 is 14.9 Å². The van der Waals surface area contributed by atoms with Crippen molar-refractivity contribution in [3.8, 4) is 17.2 Å². The molecule has 0 aliphatic carbocycles. The fourth-order valence-electron chi connectivity index (χ4n) is 1.98. The summed E-state index contributed by atoms with van der Waals surface area (Å²) in [6.45, 7) is 0. The van der Waals surface area contributed by atoms with Gasteiger partial charge < -0.3 is 14.6 Å². The van der Waals surface area contributed by atoms with Crippen molar-refractivity contribution in [2.45, 2.75) is 0 Å². The first-order valence-corrected chi connectivity index (χ1v) is 6.99. The molecule has 0 fully saturated rings. The summed E-state index contributed by atoms with van der Waals surface area (Å²) in [7, 11) is 2.77. The van der Waals surface area contributed by atoms with Gasteiger partial charge >= 0.3 is 0 Å². The van der Waals surface area contributed by atoms with Crippen molar-refractivity contribution in [2.75, 3.05) is 14.2 Å². The van der Waals surface area contributed by atoms with E-state index in [0.717, 1.165) is 6.21 Å². The van der Waals surface area contributed by atoms with Gasteiger partial charge in [-0.2, -0.15) is 5.10 Å². The molecule has 2 aromatic carbocycles. The molecule has 9 heteroatoms. The summed E-state index contributed by atoms with van der Waals surface area (Å²) in [6, 6.07) is 8.14.